The van der Waals surface area contributed by atoms with Crippen LogP contribution >= 0.6 is 0 Å². The second-order valence-electron chi connectivity index (χ2n) is 5.12. The lowest BCUT2D eigenvalue weighted by Gasteiger charge is -2.04. The predicted molar refractivity (Wildman–Crippen MR) is 91.5 cm³/mol. The van der Waals surface area contributed by atoms with Crippen molar-refractivity contribution in [2.24, 2.45) is 0 Å². The molecule has 0 unspecified atom stereocenters. The van der Waals surface area contributed by atoms with Gasteiger partial charge in [0.25, 0.3) is 0 Å². The third kappa shape index (κ3) is 3.58. The van der Waals surface area contributed by atoms with Gasteiger partial charge in [-0.25, -0.2) is 12.8 Å². The first-order valence-electron chi connectivity index (χ1n) is 7.25. The van der Waals surface area contributed by atoms with Crippen LogP contribution < -0.4 is 0 Å². The van der Waals surface area contributed by atoms with Gasteiger partial charge in [-0.15, -0.1) is 0 Å². The number of nitrogens with zero attached hydrogens (tertiary/aromatic N) is 1. The largest absolute Gasteiger partial charge is 0.256 e. The highest BCUT2D eigenvalue weighted by molar-refractivity contribution is 7.91. The van der Waals surface area contributed by atoms with Gasteiger partial charge < -0.3 is 0 Å². The molecule has 120 valence electrons. The smallest absolute Gasteiger partial charge is 0.208 e. The van der Waals surface area contributed by atoms with E-state index in [2.05, 4.69) is 4.98 Å². The minimum Gasteiger partial charge on any atom is -0.256 e. The van der Waals surface area contributed by atoms with Crippen LogP contribution in [0.5, 0.6) is 0 Å². The molecule has 5 heteroatoms. The highest BCUT2D eigenvalue weighted by atomic mass is 32.2. The van der Waals surface area contributed by atoms with Crippen molar-refractivity contribution in [3.05, 3.63) is 90.0 Å². The van der Waals surface area contributed by atoms with E-state index in [0.29, 0.717) is 5.69 Å². The lowest BCUT2D eigenvalue weighted by Crippen LogP contribution is -2.02. The third-order valence-electron chi connectivity index (χ3n) is 3.44. The van der Waals surface area contributed by atoms with Crippen LogP contribution in [-0.4, -0.2) is 13.4 Å². The maximum atomic E-state index is 12.9. The Balaban J connectivity index is 1.82. The van der Waals surface area contributed by atoms with Crippen molar-refractivity contribution in [1.29, 1.82) is 0 Å². The van der Waals surface area contributed by atoms with Crippen molar-refractivity contribution >= 4 is 22.0 Å². The van der Waals surface area contributed by atoms with Crippen LogP contribution in [-0.2, 0) is 9.84 Å². The van der Waals surface area contributed by atoms with Gasteiger partial charge in [0.2, 0.25) is 9.84 Å². The summed E-state index contributed by atoms with van der Waals surface area (Å²) < 4.78 is 37.8. The van der Waals surface area contributed by atoms with E-state index >= 15 is 0 Å². The molecule has 0 saturated carbocycles. The molecular weight excluding hydrogens is 325 g/mol. The molecule has 1 heterocycles. The summed E-state index contributed by atoms with van der Waals surface area (Å²) in [7, 11) is -3.56. The molecule has 0 spiro atoms. The molecule has 3 nitrogen and oxygen atoms in total. The summed E-state index contributed by atoms with van der Waals surface area (Å²) in [5.74, 6) is -0.291. The fourth-order valence-corrected chi connectivity index (χ4v) is 3.37. The Hall–Kier alpha value is -2.79. The number of hydrogen-bond acceptors (Lipinski definition) is 3. The van der Waals surface area contributed by atoms with E-state index in [1.54, 1.807) is 60.7 Å². The van der Waals surface area contributed by atoms with Gasteiger partial charge in [-0.05, 0) is 48.0 Å². The van der Waals surface area contributed by atoms with E-state index < -0.39 is 9.84 Å². The Labute approximate surface area is 140 Å². The zero-order valence-electron chi connectivity index (χ0n) is 12.6. The lowest BCUT2D eigenvalue weighted by atomic mass is 10.2. The van der Waals surface area contributed by atoms with Crippen molar-refractivity contribution in [1.82, 2.24) is 4.98 Å². The molecule has 0 atom stereocenters. The van der Waals surface area contributed by atoms with E-state index in [1.807, 2.05) is 0 Å². The molecule has 2 aromatic carbocycles. The number of pyridine rings is 1. The molecule has 3 aromatic rings. The summed E-state index contributed by atoms with van der Waals surface area (Å²) in [5, 5.41) is 0. The topological polar surface area (TPSA) is 47.0 Å². The number of benzene rings is 2. The Morgan fingerprint density at radius 1 is 0.792 bits per heavy atom. The number of halogens is 1. The lowest BCUT2D eigenvalue weighted by molar-refractivity contribution is 0.595. The molecule has 0 radical (unpaired) electrons. The third-order valence-corrected chi connectivity index (χ3v) is 5.19. The Kier molecular flexibility index (Phi) is 4.53. The first-order chi connectivity index (χ1) is 11.6. The van der Waals surface area contributed by atoms with Crippen molar-refractivity contribution < 1.29 is 12.8 Å². The Morgan fingerprint density at radius 2 is 1.50 bits per heavy atom. The summed E-state index contributed by atoms with van der Waals surface area (Å²) >= 11 is 0. The maximum absolute atomic E-state index is 12.9. The van der Waals surface area contributed by atoms with E-state index in [0.717, 1.165) is 5.56 Å². The van der Waals surface area contributed by atoms with Gasteiger partial charge in [-0.3, -0.25) is 4.98 Å². The fraction of sp³-hybridized carbons (Fsp3) is 0. The van der Waals surface area contributed by atoms with Crippen molar-refractivity contribution in [3.63, 3.8) is 0 Å². The first-order valence-corrected chi connectivity index (χ1v) is 8.74. The van der Waals surface area contributed by atoms with Gasteiger partial charge >= 0.3 is 0 Å². The van der Waals surface area contributed by atoms with Gasteiger partial charge in [0.15, 0.2) is 0 Å². The average molecular weight is 339 g/mol. The molecule has 1 aromatic heterocycles. The van der Waals surface area contributed by atoms with E-state index in [4.69, 9.17) is 0 Å². The number of rotatable bonds is 4. The molecule has 0 aliphatic carbocycles. The molecule has 0 aliphatic rings. The number of aromatic nitrogens is 1. The van der Waals surface area contributed by atoms with Crippen LogP contribution in [0.25, 0.3) is 12.2 Å². The van der Waals surface area contributed by atoms with E-state index in [1.165, 1.54) is 24.4 Å². The summed E-state index contributed by atoms with van der Waals surface area (Å²) in [6.07, 6.45) is 4.87. The SMILES string of the molecule is O=S(=O)(c1ccccc1)c1ccc(/C=C/c2ccc(F)cc2)nc1. The first kappa shape index (κ1) is 16.1. The van der Waals surface area contributed by atoms with Crippen LogP contribution in [0.15, 0.2) is 82.7 Å². The molecule has 0 N–H and O–H groups in total. The van der Waals surface area contributed by atoms with Crippen LogP contribution in [0.1, 0.15) is 11.3 Å². The van der Waals surface area contributed by atoms with Crippen molar-refractivity contribution in [2.75, 3.05) is 0 Å². The normalized spacial score (nSPS) is 11.7. The van der Waals surface area contributed by atoms with Crippen LogP contribution in [0.3, 0.4) is 0 Å². The zero-order chi connectivity index (χ0) is 17.0. The summed E-state index contributed by atoms with van der Waals surface area (Å²) in [6.45, 7) is 0. The van der Waals surface area contributed by atoms with Gasteiger partial charge in [0, 0.05) is 6.20 Å². The van der Waals surface area contributed by atoms with E-state index in [9.17, 15) is 12.8 Å². The van der Waals surface area contributed by atoms with Gasteiger partial charge in [0.05, 0.1) is 15.5 Å². The molecule has 0 saturated heterocycles. The minimum atomic E-state index is -3.56. The second-order valence-corrected chi connectivity index (χ2v) is 7.07. The minimum absolute atomic E-state index is 0.146. The standard InChI is InChI=1S/C19H14FNO2S/c20-16-9-6-15(7-10-16)8-11-17-12-13-19(14-21-17)24(22,23)18-4-2-1-3-5-18/h1-14H/b11-8+. The number of sulfone groups is 1. The molecular formula is C19H14FNO2S. The fourth-order valence-electron chi connectivity index (χ4n) is 2.14. The molecule has 0 amide bonds. The second kappa shape index (κ2) is 6.76. The monoisotopic (exact) mass is 339 g/mol. The molecule has 0 fully saturated rings. The maximum Gasteiger partial charge on any atom is 0.208 e. The van der Waals surface area contributed by atoms with Gasteiger partial charge in [-0.2, -0.15) is 0 Å². The molecule has 0 bridgehead atoms. The Bertz CT molecular complexity index is 949. The van der Waals surface area contributed by atoms with Crippen LogP contribution in [0.2, 0.25) is 0 Å². The van der Waals surface area contributed by atoms with E-state index in [-0.39, 0.29) is 15.6 Å². The van der Waals surface area contributed by atoms with Crippen molar-refractivity contribution in [2.45, 2.75) is 9.79 Å². The molecule has 0 aliphatic heterocycles. The summed E-state index contributed by atoms with van der Waals surface area (Å²) in [6, 6.07) is 17.5. The van der Waals surface area contributed by atoms with Crippen LogP contribution in [0, 0.1) is 5.82 Å². The predicted octanol–water partition coefficient (Wildman–Crippen LogP) is 4.22. The van der Waals surface area contributed by atoms with Gasteiger partial charge in [0.1, 0.15) is 5.82 Å². The quantitative estimate of drug-likeness (QED) is 0.715. The van der Waals surface area contributed by atoms with Gasteiger partial charge in [-0.1, -0.05) is 36.4 Å². The average Bonchev–Trinajstić information content (AvgIpc) is 2.62. The van der Waals surface area contributed by atoms with Crippen LogP contribution in [0.4, 0.5) is 4.39 Å². The summed E-state index contributed by atoms with van der Waals surface area (Å²) in [4.78, 5) is 4.55. The Morgan fingerprint density at radius 3 is 2.12 bits per heavy atom. The van der Waals surface area contributed by atoms with Crippen molar-refractivity contribution in [3.8, 4) is 0 Å². The molecule has 24 heavy (non-hydrogen) atoms. The number of hydrogen-bond donors (Lipinski definition) is 0. The zero-order valence-corrected chi connectivity index (χ0v) is 13.4. The summed E-state index contributed by atoms with van der Waals surface area (Å²) in [5.41, 5.74) is 1.45. The highest BCUT2D eigenvalue weighted by Gasteiger charge is 2.17. The molecule has 3 rings (SSSR count). The highest BCUT2D eigenvalue weighted by Crippen LogP contribution is 2.20.